The lowest BCUT2D eigenvalue weighted by Gasteiger charge is -2.55. The number of benzene rings is 3. The third kappa shape index (κ3) is 5.36. The number of hydrogen-bond acceptors (Lipinski definition) is 5. The molecule has 0 heterocycles. The molecule has 3 atom stereocenters. The number of esters is 1. The van der Waals surface area contributed by atoms with Crippen molar-refractivity contribution < 1.29 is 14.5 Å². The number of hydrogen-bond donors (Lipinski definition) is 1. The van der Waals surface area contributed by atoms with Crippen LogP contribution < -0.4 is 5.32 Å². The summed E-state index contributed by atoms with van der Waals surface area (Å²) in [7, 11) is 0. The fourth-order valence-corrected chi connectivity index (χ4v) is 7.28. The van der Waals surface area contributed by atoms with Crippen molar-refractivity contribution in [3.63, 3.8) is 0 Å². The van der Waals surface area contributed by atoms with Crippen LogP contribution in [-0.2, 0) is 23.2 Å². The minimum atomic E-state index is -0.574. The Kier molecular flexibility index (Phi) is 7.72. The van der Waals surface area contributed by atoms with Gasteiger partial charge < -0.3 is 10.1 Å². The molecule has 1 fully saturated rings. The van der Waals surface area contributed by atoms with Gasteiger partial charge in [-0.3, -0.25) is 10.1 Å². The van der Waals surface area contributed by atoms with Crippen LogP contribution >= 0.6 is 0 Å². The van der Waals surface area contributed by atoms with Crippen molar-refractivity contribution in [2.24, 2.45) is 11.3 Å². The van der Waals surface area contributed by atoms with Crippen LogP contribution in [0.4, 0.5) is 11.4 Å². The molecule has 2 aliphatic carbocycles. The summed E-state index contributed by atoms with van der Waals surface area (Å²) in [5.74, 6) is 0.421. The molecule has 1 N–H and O–H groups in total. The molecule has 3 aromatic carbocycles. The van der Waals surface area contributed by atoms with Crippen LogP contribution in [0.5, 0.6) is 0 Å². The Balaban J connectivity index is 1.33. The van der Waals surface area contributed by atoms with Crippen molar-refractivity contribution in [2.45, 2.75) is 77.7 Å². The zero-order valence-corrected chi connectivity index (χ0v) is 24.0. The molecule has 6 heteroatoms. The standard InChI is InChI=1S/C34H40N2O4/c1-23(2)25-11-14-28-26(19-25)13-16-31-33(3,17-8-18-34(28,31)4)22-35-29-15-12-27(20-30(29)36(38)39)32(37)40-21-24-9-6-5-7-10-24/h5-7,9-12,14-15,19-20,23,31,35H,8,13,16-18,21-22H2,1-4H3/t31-,33+,34+/m0/s1. The summed E-state index contributed by atoms with van der Waals surface area (Å²) in [5.41, 5.74) is 5.84. The lowest BCUT2D eigenvalue weighted by Crippen LogP contribution is -2.51. The van der Waals surface area contributed by atoms with Gasteiger partial charge in [0.2, 0.25) is 0 Å². The maximum Gasteiger partial charge on any atom is 0.338 e. The van der Waals surface area contributed by atoms with Gasteiger partial charge in [0, 0.05) is 12.6 Å². The molecule has 0 aliphatic heterocycles. The second kappa shape index (κ2) is 11.1. The smallest absolute Gasteiger partial charge is 0.338 e. The maximum absolute atomic E-state index is 12.6. The first-order valence-corrected chi connectivity index (χ1v) is 14.5. The Morgan fingerprint density at radius 2 is 1.85 bits per heavy atom. The monoisotopic (exact) mass is 540 g/mol. The van der Waals surface area contributed by atoms with E-state index in [1.54, 1.807) is 12.1 Å². The number of rotatable bonds is 8. The molecule has 1 saturated carbocycles. The van der Waals surface area contributed by atoms with Gasteiger partial charge in [-0.15, -0.1) is 0 Å². The van der Waals surface area contributed by atoms with Gasteiger partial charge in [-0.05, 0) is 82.7 Å². The van der Waals surface area contributed by atoms with E-state index < -0.39 is 10.9 Å². The molecular formula is C34H40N2O4. The first-order valence-electron chi connectivity index (χ1n) is 14.5. The first kappa shape index (κ1) is 27.9. The number of carbonyl (C=O) groups excluding carboxylic acids is 1. The molecule has 0 spiro atoms. The van der Waals surface area contributed by atoms with E-state index in [0.717, 1.165) is 31.2 Å². The first-order chi connectivity index (χ1) is 19.1. The number of nitro benzene ring substituents is 1. The van der Waals surface area contributed by atoms with Crippen LogP contribution in [-0.4, -0.2) is 17.4 Å². The highest BCUT2D eigenvalue weighted by Gasteiger charge is 2.51. The molecule has 210 valence electrons. The predicted molar refractivity (Wildman–Crippen MR) is 159 cm³/mol. The molecular weight excluding hydrogens is 500 g/mol. The van der Waals surface area contributed by atoms with Crippen molar-refractivity contribution in [2.75, 3.05) is 11.9 Å². The molecule has 0 radical (unpaired) electrons. The van der Waals surface area contributed by atoms with E-state index in [2.05, 4.69) is 51.2 Å². The molecule has 0 amide bonds. The van der Waals surface area contributed by atoms with E-state index in [-0.39, 0.29) is 28.7 Å². The lowest BCUT2D eigenvalue weighted by atomic mass is 9.49. The Bertz CT molecular complexity index is 1400. The Morgan fingerprint density at radius 1 is 1.07 bits per heavy atom. The SMILES string of the molecule is CC(C)c1ccc2c(c1)CC[C@H]1[C@@](C)(CNc3ccc(C(=O)OCc4ccccc4)cc3[N+](=O)[O-])CCC[C@]21C. The van der Waals surface area contributed by atoms with Crippen molar-refractivity contribution >= 4 is 17.3 Å². The molecule has 5 rings (SSSR count). The van der Waals surface area contributed by atoms with Gasteiger partial charge in [0.25, 0.3) is 5.69 Å². The number of nitrogens with one attached hydrogen (secondary N) is 1. The van der Waals surface area contributed by atoms with Crippen LogP contribution in [0.15, 0.2) is 66.7 Å². The highest BCUT2D eigenvalue weighted by molar-refractivity contribution is 5.91. The molecule has 0 bridgehead atoms. The van der Waals surface area contributed by atoms with Crippen LogP contribution in [0.2, 0.25) is 0 Å². The van der Waals surface area contributed by atoms with Crippen molar-refractivity contribution in [1.29, 1.82) is 0 Å². The Hall–Kier alpha value is -3.67. The molecule has 0 saturated heterocycles. The predicted octanol–water partition coefficient (Wildman–Crippen LogP) is 8.20. The summed E-state index contributed by atoms with van der Waals surface area (Å²) < 4.78 is 5.40. The summed E-state index contributed by atoms with van der Waals surface area (Å²) >= 11 is 0. The van der Waals surface area contributed by atoms with Gasteiger partial charge in [0.05, 0.1) is 10.5 Å². The average Bonchev–Trinajstić information content (AvgIpc) is 2.95. The molecule has 2 aliphatic rings. The van der Waals surface area contributed by atoms with Gasteiger partial charge in [-0.25, -0.2) is 4.79 Å². The van der Waals surface area contributed by atoms with E-state index in [1.165, 1.54) is 29.2 Å². The molecule has 3 aromatic rings. The highest BCUT2D eigenvalue weighted by atomic mass is 16.6. The van der Waals surface area contributed by atoms with Gasteiger partial charge in [0.1, 0.15) is 12.3 Å². The van der Waals surface area contributed by atoms with Gasteiger partial charge >= 0.3 is 5.97 Å². The average molecular weight is 541 g/mol. The topological polar surface area (TPSA) is 81.5 Å². The normalized spacial score (nSPS) is 23.7. The second-order valence-electron chi connectivity index (χ2n) is 12.5. The van der Waals surface area contributed by atoms with E-state index >= 15 is 0 Å². The van der Waals surface area contributed by atoms with Crippen molar-refractivity contribution in [3.8, 4) is 0 Å². The Morgan fingerprint density at radius 3 is 2.58 bits per heavy atom. The number of nitrogens with zero attached hydrogens (tertiary/aromatic N) is 1. The third-order valence-corrected chi connectivity index (χ3v) is 9.49. The highest BCUT2D eigenvalue weighted by Crippen LogP contribution is 2.57. The van der Waals surface area contributed by atoms with E-state index in [4.69, 9.17) is 4.74 Å². The number of ether oxygens (including phenoxy) is 1. The number of fused-ring (bicyclic) bond motifs is 3. The number of aryl methyl sites for hydroxylation is 1. The third-order valence-electron chi connectivity index (χ3n) is 9.49. The zero-order chi connectivity index (χ0) is 28.5. The maximum atomic E-state index is 12.6. The number of carbonyl (C=O) groups is 1. The van der Waals surface area contributed by atoms with E-state index in [9.17, 15) is 14.9 Å². The molecule has 0 unspecified atom stereocenters. The largest absolute Gasteiger partial charge is 0.457 e. The summed E-state index contributed by atoms with van der Waals surface area (Å²) in [4.78, 5) is 24.2. The van der Waals surface area contributed by atoms with Gasteiger partial charge in [-0.1, -0.05) is 82.6 Å². The van der Waals surface area contributed by atoms with E-state index in [1.807, 2.05) is 30.3 Å². The van der Waals surface area contributed by atoms with Crippen LogP contribution in [0.25, 0.3) is 0 Å². The van der Waals surface area contributed by atoms with Crippen molar-refractivity contribution in [3.05, 3.63) is 105 Å². The van der Waals surface area contributed by atoms with Gasteiger partial charge in [-0.2, -0.15) is 0 Å². The fraction of sp³-hybridized carbons (Fsp3) is 0.441. The number of anilines is 1. The molecule has 6 nitrogen and oxygen atoms in total. The number of nitro groups is 1. The van der Waals surface area contributed by atoms with Crippen LogP contribution in [0.3, 0.4) is 0 Å². The van der Waals surface area contributed by atoms with Crippen LogP contribution in [0.1, 0.15) is 91.9 Å². The summed E-state index contributed by atoms with van der Waals surface area (Å²) in [6, 6.07) is 21.1. The summed E-state index contributed by atoms with van der Waals surface area (Å²) in [6.07, 6.45) is 5.58. The lowest BCUT2D eigenvalue weighted by molar-refractivity contribution is -0.384. The summed E-state index contributed by atoms with van der Waals surface area (Å²) in [6.45, 7) is 10.0. The Labute approximate surface area is 237 Å². The quantitative estimate of drug-likeness (QED) is 0.177. The van der Waals surface area contributed by atoms with Gasteiger partial charge in [0.15, 0.2) is 0 Å². The second-order valence-corrected chi connectivity index (χ2v) is 12.5. The van der Waals surface area contributed by atoms with Crippen molar-refractivity contribution in [1.82, 2.24) is 0 Å². The molecule has 0 aromatic heterocycles. The molecule has 40 heavy (non-hydrogen) atoms. The minimum absolute atomic E-state index is 0.0113. The zero-order valence-electron chi connectivity index (χ0n) is 24.0. The minimum Gasteiger partial charge on any atom is -0.457 e. The fourth-order valence-electron chi connectivity index (χ4n) is 7.28. The van der Waals surface area contributed by atoms with E-state index in [0.29, 0.717) is 24.1 Å². The van der Waals surface area contributed by atoms with Crippen LogP contribution in [0, 0.1) is 21.4 Å². The summed E-state index contributed by atoms with van der Waals surface area (Å²) in [5, 5.41) is 15.4.